The molecule has 2 aromatic heterocycles. The monoisotopic (exact) mass is 353 g/mol. The Morgan fingerprint density at radius 3 is 2.73 bits per heavy atom. The SMILES string of the molecule is Cc1cc(C)n(C(C)CNC(=O)c2cc(COc3ccccc3)[nH]n2)n1. The second kappa shape index (κ2) is 7.86. The van der Waals surface area contributed by atoms with E-state index < -0.39 is 0 Å². The maximum absolute atomic E-state index is 12.3. The summed E-state index contributed by atoms with van der Waals surface area (Å²) in [6.45, 7) is 6.78. The van der Waals surface area contributed by atoms with Crippen molar-refractivity contribution >= 4 is 5.91 Å². The van der Waals surface area contributed by atoms with Crippen LogP contribution in [0.2, 0.25) is 0 Å². The molecule has 1 amide bonds. The second-order valence-electron chi connectivity index (χ2n) is 6.31. The van der Waals surface area contributed by atoms with Gasteiger partial charge in [-0.25, -0.2) is 0 Å². The lowest BCUT2D eigenvalue weighted by Crippen LogP contribution is -2.30. The maximum atomic E-state index is 12.3. The van der Waals surface area contributed by atoms with Crippen molar-refractivity contribution in [3.05, 3.63) is 65.2 Å². The molecule has 0 aliphatic carbocycles. The van der Waals surface area contributed by atoms with Crippen LogP contribution in [0.4, 0.5) is 0 Å². The molecule has 0 bridgehead atoms. The molecule has 136 valence electrons. The third-order valence-electron chi connectivity index (χ3n) is 4.02. The van der Waals surface area contributed by atoms with Gasteiger partial charge in [0.1, 0.15) is 18.1 Å². The number of benzene rings is 1. The molecule has 3 rings (SSSR count). The molecular formula is C19H23N5O2. The molecule has 2 heterocycles. The Hall–Kier alpha value is -3.09. The van der Waals surface area contributed by atoms with Crippen LogP contribution in [0.15, 0.2) is 42.5 Å². The molecule has 7 nitrogen and oxygen atoms in total. The van der Waals surface area contributed by atoms with E-state index >= 15 is 0 Å². The Morgan fingerprint density at radius 2 is 2.04 bits per heavy atom. The molecule has 0 saturated heterocycles. The number of ether oxygens (including phenoxy) is 1. The Morgan fingerprint density at radius 1 is 1.27 bits per heavy atom. The molecule has 0 aliphatic rings. The minimum atomic E-state index is -0.222. The lowest BCUT2D eigenvalue weighted by Gasteiger charge is -2.14. The average molecular weight is 353 g/mol. The summed E-state index contributed by atoms with van der Waals surface area (Å²) >= 11 is 0. The van der Waals surface area contributed by atoms with Crippen molar-refractivity contribution in [2.24, 2.45) is 0 Å². The van der Waals surface area contributed by atoms with Gasteiger partial charge in [-0.3, -0.25) is 14.6 Å². The van der Waals surface area contributed by atoms with Crippen molar-refractivity contribution < 1.29 is 9.53 Å². The number of amides is 1. The lowest BCUT2D eigenvalue weighted by atomic mass is 10.3. The van der Waals surface area contributed by atoms with Crippen LogP contribution in [-0.4, -0.2) is 32.4 Å². The number of rotatable bonds is 7. The van der Waals surface area contributed by atoms with E-state index in [0.29, 0.717) is 18.8 Å². The zero-order chi connectivity index (χ0) is 18.5. The smallest absolute Gasteiger partial charge is 0.271 e. The summed E-state index contributed by atoms with van der Waals surface area (Å²) in [5.74, 6) is 0.549. The van der Waals surface area contributed by atoms with Gasteiger partial charge in [0, 0.05) is 12.2 Å². The summed E-state index contributed by atoms with van der Waals surface area (Å²) in [6.07, 6.45) is 0. The van der Waals surface area contributed by atoms with Crippen molar-refractivity contribution in [1.29, 1.82) is 0 Å². The highest BCUT2D eigenvalue weighted by Gasteiger charge is 2.14. The van der Waals surface area contributed by atoms with E-state index in [-0.39, 0.29) is 11.9 Å². The molecule has 0 spiro atoms. The zero-order valence-corrected chi connectivity index (χ0v) is 15.2. The predicted molar refractivity (Wildman–Crippen MR) is 98.1 cm³/mol. The molecule has 3 aromatic rings. The van der Waals surface area contributed by atoms with Gasteiger partial charge in [0.25, 0.3) is 5.91 Å². The number of nitrogens with zero attached hydrogens (tertiary/aromatic N) is 3. The maximum Gasteiger partial charge on any atom is 0.271 e. The molecule has 0 saturated carbocycles. The van der Waals surface area contributed by atoms with Crippen molar-refractivity contribution in [3.63, 3.8) is 0 Å². The summed E-state index contributed by atoms with van der Waals surface area (Å²) in [5, 5.41) is 14.2. The third-order valence-corrected chi connectivity index (χ3v) is 4.02. The van der Waals surface area contributed by atoms with Gasteiger partial charge < -0.3 is 10.1 Å². The van der Waals surface area contributed by atoms with Crippen LogP contribution in [0.5, 0.6) is 5.75 Å². The molecule has 1 aromatic carbocycles. The highest BCUT2D eigenvalue weighted by atomic mass is 16.5. The van der Waals surface area contributed by atoms with Crippen LogP contribution in [-0.2, 0) is 6.61 Å². The number of carbonyl (C=O) groups excluding carboxylic acids is 1. The lowest BCUT2D eigenvalue weighted by molar-refractivity contribution is 0.0942. The first-order valence-electron chi connectivity index (χ1n) is 8.56. The topological polar surface area (TPSA) is 84.8 Å². The number of nitrogens with one attached hydrogen (secondary N) is 2. The van der Waals surface area contributed by atoms with Crippen molar-refractivity contribution in [2.75, 3.05) is 6.54 Å². The predicted octanol–water partition coefficient (Wildman–Crippen LogP) is 2.79. The number of aromatic amines is 1. The van der Waals surface area contributed by atoms with E-state index in [1.54, 1.807) is 6.07 Å². The van der Waals surface area contributed by atoms with Crippen molar-refractivity contribution in [1.82, 2.24) is 25.3 Å². The van der Waals surface area contributed by atoms with Crippen LogP contribution in [0, 0.1) is 13.8 Å². The van der Waals surface area contributed by atoms with Crippen LogP contribution in [0.1, 0.15) is 40.5 Å². The minimum absolute atomic E-state index is 0.0625. The van der Waals surface area contributed by atoms with E-state index in [1.165, 1.54) is 0 Å². The summed E-state index contributed by atoms with van der Waals surface area (Å²) in [4.78, 5) is 12.3. The molecule has 0 aliphatic heterocycles. The number of hydrogen-bond donors (Lipinski definition) is 2. The Bertz CT molecular complexity index is 869. The summed E-state index contributed by atoms with van der Waals surface area (Å²) in [7, 11) is 0. The van der Waals surface area contributed by atoms with E-state index in [2.05, 4.69) is 20.6 Å². The van der Waals surface area contributed by atoms with Crippen LogP contribution >= 0.6 is 0 Å². The summed E-state index contributed by atoms with van der Waals surface area (Å²) in [6, 6.07) is 13.3. The molecule has 2 N–H and O–H groups in total. The summed E-state index contributed by atoms with van der Waals surface area (Å²) < 4.78 is 7.56. The van der Waals surface area contributed by atoms with E-state index in [4.69, 9.17) is 4.74 Å². The van der Waals surface area contributed by atoms with Gasteiger partial charge in [-0.05, 0) is 45.0 Å². The standard InChI is InChI=1S/C19H23N5O2/c1-13-9-14(2)24(23-13)15(3)11-20-19(25)18-10-16(21-22-18)12-26-17-7-5-4-6-8-17/h4-10,15H,11-12H2,1-3H3,(H,20,25)(H,21,22). The molecule has 1 atom stereocenters. The highest BCUT2D eigenvalue weighted by Crippen LogP contribution is 2.12. The minimum Gasteiger partial charge on any atom is -0.487 e. The largest absolute Gasteiger partial charge is 0.487 e. The van der Waals surface area contributed by atoms with Gasteiger partial charge in [0.2, 0.25) is 0 Å². The van der Waals surface area contributed by atoms with Gasteiger partial charge in [-0.15, -0.1) is 0 Å². The van der Waals surface area contributed by atoms with Gasteiger partial charge in [-0.2, -0.15) is 10.2 Å². The van der Waals surface area contributed by atoms with Crippen LogP contribution in [0.25, 0.3) is 0 Å². The Kier molecular flexibility index (Phi) is 5.36. The van der Waals surface area contributed by atoms with Gasteiger partial charge >= 0.3 is 0 Å². The molecular weight excluding hydrogens is 330 g/mol. The second-order valence-corrected chi connectivity index (χ2v) is 6.31. The van der Waals surface area contributed by atoms with Crippen molar-refractivity contribution in [2.45, 2.75) is 33.4 Å². The van der Waals surface area contributed by atoms with E-state index in [0.717, 1.165) is 22.8 Å². The number of carbonyl (C=O) groups is 1. The van der Waals surface area contributed by atoms with Crippen molar-refractivity contribution in [3.8, 4) is 5.75 Å². The first kappa shape index (κ1) is 17.7. The zero-order valence-electron chi connectivity index (χ0n) is 15.2. The number of aryl methyl sites for hydroxylation is 2. The normalized spacial score (nSPS) is 12.0. The fraction of sp³-hybridized carbons (Fsp3) is 0.316. The molecule has 26 heavy (non-hydrogen) atoms. The quantitative estimate of drug-likeness (QED) is 0.684. The molecule has 7 heteroatoms. The van der Waals surface area contributed by atoms with Crippen LogP contribution in [0.3, 0.4) is 0 Å². The van der Waals surface area contributed by atoms with Gasteiger partial charge in [-0.1, -0.05) is 18.2 Å². The molecule has 1 unspecified atom stereocenters. The number of aromatic nitrogens is 4. The fourth-order valence-corrected chi connectivity index (χ4v) is 2.74. The number of para-hydroxylation sites is 1. The van der Waals surface area contributed by atoms with Gasteiger partial charge in [0.05, 0.1) is 17.4 Å². The highest BCUT2D eigenvalue weighted by molar-refractivity contribution is 5.92. The molecule has 0 radical (unpaired) electrons. The summed E-state index contributed by atoms with van der Waals surface area (Å²) in [5.41, 5.74) is 3.13. The molecule has 0 fully saturated rings. The fourth-order valence-electron chi connectivity index (χ4n) is 2.74. The Labute approximate surface area is 152 Å². The number of H-pyrrole nitrogens is 1. The first-order chi connectivity index (χ1) is 12.5. The first-order valence-corrected chi connectivity index (χ1v) is 8.56. The van der Waals surface area contributed by atoms with Gasteiger partial charge in [0.15, 0.2) is 0 Å². The Balaban J connectivity index is 1.52. The van der Waals surface area contributed by atoms with E-state index in [1.807, 2.05) is 61.9 Å². The number of hydrogen-bond acceptors (Lipinski definition) is 4. The van der Waals surface area contributed by atoms with E-state index in [9.17, 15) is 4.79 Å². The third kappa shape index (κ3) is 4.30. The van der Waals surface area contributed by atoms with Crippen LogP contribution < -0.4 is 10.1 Å². The average Bonchev–Trinajstić information content (AvgIpc) is 3.24.